The molecular formula is C17H22N4. The first-order valence-electron chi connectivity index (χ1n) is 7.21. The van der Waals surface area contributed by atoms with Crippen LogP contribution in [-0.2, 0) is 0 Å². The van der Waals surface area contributed by atoms with Crippen LogP contribution in [0.5, 0.6) is 0 Å². The number of allylic oxidation sites excluding steroid dienone is 4. The maximum Gasteiger partial charge on any atom is 0.149 e. The summed E-state index contributed by atoms with van der Waals surface area (Å²) < 4.78 is 0. The fourth-order valence-electron chi connectivity index (χ4n) is 2.88. The Morgan fingerprint density at radius 1 is 1.14 bits per heavy atom. The van der Waals surface area contributed by atoms with E-state index in [-0.39, 0.29) is 10.8 Å². The second kappa shape index (κ2) is 4.74. The zero-order chi connectivity index (χ0) is 15.9. The molecule has 0 aromatic carbocycles. The Morgan fingerprint density at radius 2 is 1.81 bits per heavy atom. The highest BCUT2D eigenvalue weighted by Gasteiger charge is 2.47. The van der Waals surface area contributed by atoms with Crippen LogP contribution >= 0.6 is 0 Å². The number of rotatable bonds is 1. The number of nitriles is 2. The van der Waals surface area contributed by atoms with Gasteiger partial charge in [0.2, 0.25) is 0 Å². The zero-order valence-corrected chi connectivity index (χ0v) is 13.4. The molecule has 1 fully saturated rings. The first-order chi connectivity index (χ1) is 9.63. The minimum Gasteiger partial charge on any atom is -0.361 e. The Balaban J connectivity index is 2.35. The van der Waals surface area contributed by atoms with Gasteiger partial charge >= 0.3 is 0 Å². The van der Waals surface area contributed by atoms with Crippen LogP contribution in [0.2, 0.25) is 0 Å². The summed E-state index contributed by atoms with van der Waals surface area (Å²) in [5.41, 5.74) is 2.09. The Labute approximate surface area is 126 Å². The standard InChI is InChI=1S/C17H22N4/c1-15(2)9-12(6-7-18)20-14(15)8-13-10-16(3,4)17(5,11-19)21-13/h6,8,20H,9-10H2,1-5H3/b12-6+,14-8+. The summed E-state index contributed by atoms with van der Waals surface area (Å²) in [4.78, 5) is 4.65. The van der Waals surface area contributed by atoms with Gasteiger partial charge in [-0.25, -0.2) is 0 Å². The third-order valence-corrected chi connectivity index (χ3v) is 4.73. The summed E-state index contributed by atoms with van der Waals surface area (Å²) in [6.07, 6.45) is 5.22. The predicted molar refractivity (Wildman–Crippen MR) is 83.2 cm³/mol. The molecule has 2 heterocycles. The predicted octanol–water partition coefficient (Wildman–Crippen LogP) is 3.45. The molecule has 0 bridgehead atoms. The van der Waals surface area contributed by atoms with Gasteiger partial charge in [0.05, 0.1) is 12.1 Å². The van der Waals surface area contributed by atoms with Crippen molar-refractivity contribution < 1.29 is 0 Å². The van der Waals surface area contributed by atoms with Crippen LogP contribution < -0.4 is 5.32 Å². The molecule has 0 aromatic rings. The lowest BCUT2D eigenvalue weighted by Crippen LogP contribution is -2.34. The lowest BCUT2D eigenvalue weighted by atomic mass is 9.74. The molecule has 2 aliphatic rings. The monoisotopic (exact) mass is 282 g/mol. The molecule has 1 unspecified atom stereocenters. The SMILES string of the molecule is CC1(C)C/C(=C\C#N)N/C1=C/C1=NC(C)(C#N)C(C)(C)C1. The van der Waals surface area contributed by atoms with Gasteiger partial charge in [0, 0.05) is 34.0 Å². The average Bonchev–Trinajstić information content (AvgIpc) is 2.75. The second-order valence-corrected chi connectivity index (χ2v) is 7.39. The summed E-state index contributed by atoms with van der Waals surface area (Å²) in [7, 11) is 0. The molecule has 0 aromatic heterocycles. The molecule has 0 radical (unpaired) electrons. The minimum absolute atomic E-state index is 0.0407. The second-order valence-electron chi connectivity index (χ2n) is 7.39. The first-order valence-corrected chi connectivity index (χ1v) is 7.21. The van der Waals surface area contributed by atoms with E-state index in [2.05, 4.69) is 56.2 Å². The topological polar surface area (TPSA) is 72.0 Å². The van der Waals surface area contributed by atoms with Crippen LogP contribution in [0.4, 0.5) is 0 Å². The highest BCUT2D eigenvalue weighted by molar-refractivity contribution is 5.98. The van der Waals surface area contributed by atoms with Gasteiger partial charge < -0.3 is 5.32 Å². The Bertz CT molecular complexity index is 635. The van der Waals surface area contributed by atoms with Crippen LogP contribution in [-0.4, -0.2) is 11.3 Å². The van der Waals surface area contributed by atoms with Gasteiger partial charge in [0.25, 0.3) is 0 Å². The number of hydrogen-bond acceptors (Lipinski definition) is 4. The van der Waals surface area contributed by atoms with E-state index in [1.807, 2.05) is 6.92 Å². The van der Waals surface area contributed by atoms with Crippen molar-refractivity contribution in [3.63, 3.8) is 0 Å². The largest absolute Gasteiger partial charge is 0.361 e. The summed E-state index contributed by atoms with van der Waals surface area (Å²) in [6.45, 7) is 10.4. The number of nitrogens with zero attached hydrogens (tertiary/aromatic N) is 3. The Kier molecular flexibility index (Phi) is 3.46. The van der Waals surface area contributed by atoms with E-state index in [9.17, 15) is 5.26 Å². The van der Waals surface area contributed by atoms with E-state index in [0.29, 0.717) is 0 Å². The number of hydrogen-bond donors (Lipinski definition) is 1. The molecular weight excluding hydrogens is 260 g/mol. The molecule has 110 valence electrons. The third kappa shape index (κ3) is 2.59. The fraction of sp³-hybridized carbons (Fsp3) is 0.588. The molecule has 0 aliphatic carbocycles. The van der Waals surface area contributed by atoms with Crippen molar-refractivity contribution in [1.29, 1.82) is 10.5 Å². The molecule has 1 N–H and O–H groups in total. The van der Waals surface area contributed by atoms with Gasteiger partial charge in [0.15, 0.2) is 0 Å². The molecule has 0 saturated carbocycles. The Morgan fingerprint density at radius 3 is 2.33 bits per heavy atom. The smallest absolute Gasteiger partial charge is 0.149 e. The quantitative estimate of drug-likeness (QED) is 0.749. The lowest BCUT2D eigenvalue weighted by Gasteiger charge is -2.29. The van der Waals surface area contributed by atoms with Crippen LogP contribution in [0.1, 0.15) is 47.5 Å². The van der Waals surface area contributed by atoms with Crippen molar-refractivity contribution in [3.05, 3.63) is 23.5 Å². The summed E-state index contributed by atoms with van der Waals surface area (Å²) in [5, 5.41) is 21.5. The van der Waals surface area contributed by atoms with Crippen molar-refractivity contribution in [2.24, 2.45) is 15.8 Å². The van der Waals surface area contributed by atoms with Gasteiger partial charge in [-0.2, -0.15) is 10.5 Å². The van der Waals surface area contributed by atoms with E-state index in [4.69, 9.17) is 5.26 Å². The molecule has 1 atom stereocenters. The van der Waals surface area contributed by atoms with E-state index in [0.717, 1.165) is 29.9 Å². The van der Waals surface area contributed by atoms with E-state index < -0.39 is 5.54 Å². The molecule has 4 nitrogen and oxygen atoms in total. The lowest BCUT2D eigenvalue weighted by molar-refractivity contribution is 0.276. The van der Waals surface area contributed by atoms with E-state index in [1.165, 1.54) is 0 Å². The van der Waals surface area contributed by atoms with Gasteiger partial charge in [-0.3, -0.25) is 4.99 Å². The van der Waals surface area contributed by atoms with Gasteiger partial charge in [-0.05, 0) is 25.8 Å². The van der Waals surface area contributed by atoms with Gasteiger partial charge in [0.1, 0.15) is 5.54 Å². The van der Waals surface area contributed by atoms with Crippen molar-refractivity contribution in [3.8, 4) is 12.1 Å². The molecule has 4 heteroatoms. The van der Waals surface area contributed by atoms with Crippen molar-refractivity contribution in [2.45, 2.75) is 53.0 Å². The van der Waals surface area contributed by atoms with Crippen LogP contribution in [0.15, 0.2) is 28.5 Å². The zero-order valence-electron chi connectivity index (χ0n) is 13.4. The van der Waals surface area contributed by atoms with Gasteiger partial charge in [-0.1, -0.05) is 27.7 Å². The molecule has 21 heavy (non-hydrogen) atoms. The molecule has 0 spiro atoms. The molecule has 2 aliphatic heterocycles. The van der Waals surface area contributed by atoms with Crippen LogP contribution in [0.25, 0.3) is 0 Å². The number of aliphatic imine (C=N–C) groups is 1. The fourth-order valence-corrected chi connectivity index (χ4v) is 2.88. The summed E-state index contributed by atoms with van der Waals surface area (Å²) >= 11 is 0. The molecule has 0 amide bonds. The first kappa shape index (κ1) is 15.3. The normalized spacial score (nSPS) is 33.4. The van der Waals surface area contributed by atoms with Crippen molar-refractivity contribution in [2.75, 3.05) is 0 Å². The van der Waals surface area contributed by atoms with Crippen LogP contribution in [0.3, 0.4) is 0 Å². The average molecular weight is 282 g/mol. The van der Waals surface area contributed by atoms with Crippen LogP contribution in [0, 0.1) is 33.5 Å². The van der Waals surface area contributed by atoms with E-state index in [1.54, 1.807) is 6.08 Å². The maximum atomic E-state index is 9.42. The highest BCUT2D eigenvalue weighted by Crippen LogP contribution is 2.44. The van der Waals surface area contributed by atoms with E-state index >= 15 is 0 Å². The minimum atomic E-state index is -0.673. The Hall–Kier alpha value is -2.07. The number of nitrogens with one attached hydrogen (secondary N) is 1. The third-order valence-electron chi connectivity index (χ3n) is 4.73. The highest BCUT2D eigenvalue weighted by atomic mass is 15.0. The molecule has 2 rings (SSSR count). The van der Waals surface area contributed by atoms with Crippen molar-refractivity contribution in [1.82, 2.24) is 5.32 Å². The summed E-state index contributed by atoms with van der Waals surface area (Å²) in [6, 6.07) is 4.42. The summed E-state index contributed by atoms with van der Waals surface area (Å²) in [5.74, 6) is 0. The van der Waals surface area contributed by atoms with Crippen molar-refractivity contribution >= 4 is 5.71 Å². The van der Waals surface area contributed by atoms with Gasteiger partial charge in [-0.15, -0.1) is 0 Å². The molecule has 1 saturated heterocycles. The maximum absolute atomic E-state index is 9.42.